The van der Waals surface area contributed by atoms with Gasteiger partial charge in [-0.05, 0) is 67.4 Å². The summed E-state index contributed by atoms with van der Waals surface area (Å²) in [4.78, 5) is 26.3. The van der Waals surface area contributed by atoms with Crippen LogP contribution in [0.25, 0.3) is 11.3 Å². The van der Waals surface area contributed by atoms with Crippen molar-refractivity contribution in [3.8, 4) is 17.0 Å². The Labute approximate surface area is 229 Å². The first kappa shape index (κ1) is 25.6. The quantitative estimate of drug-likeness (QED) is 0.283. The summed E-state index contributed by atoms with van der Waals surface area (Å²) in [6.07, 6.45) is 0.574. The third kappa shape index (κ3) is 5.60. The van der Waals surface area contributed by atoms with Gasteiger partial charge in [0.15, 0.2) is 0 Å². The van der Waals surface area contributed by atoms with Gasteiger partial charge >= 0.3 is 0 Å². The van der Waals surface area contributed by atoms with Gasteiger partial charge < -0.3 is 4.74 Å². The first-order chi connectivity index (χ1) is 18.4. The minimum atomic E-state index is -0.351. The van der Waals surface area contributed by atoms with Crippen molar-refractivity contribution in [2.24, 2.45) is 5.10 Å². The van der Waals surface area contributed by atoms with Gasteiger partial charge in [0.05, 0.1) is 24.1 Å². The highest BCUT2D eigenvalue weighted by molar-refractivity contribution is 9.10. The highest BCUT2D eigenvalue weighted by Gasteiger charge is 2.33. The van der Waals surface area contributed by atoms with E-state index in [9.17, 15) is 9.59 Å². The number of hydrogen-bond acceptors (Lipinski definition) is 5. The number of carbonyl (C=O) groups excluding carboxylic acids is 1. The molecule has 0 fully saturated rings. The Morgan fingerprint density at radius 3 is 2.32 bits per heavy atom. The first-order valence-electron chi connectivity index (χ1n) is 12.4. The van der Waals surface area contributed by atoms with Crippen LogP contribution >= 0.6 is 15.9 Å². The van der Waals surface area contributed by atoms with Crippen molar-refractivity contribution in [3.05, 3.63) is 116 Å². The van der Waals surface area contributed by atoms with Crippen molar-refractivity contribution in [1.29, 1.82) is 0 Å². The summed E-state index contributed by atoms with van der Waals surface area (Å²) in [6.45, 7) is 4.32. The molecule has 0 saturated heterocycles. The van der Waals surface area contributed by atoms with Gasteiger partial charge in [0.2, 0.25) is 0 Å². The maximum atomic E-state index is 13.6. The molecule has 192 valence electrons. The number of aromatic nitrogens is 2. The van der Waals surface area contributed by atoms with Gasteiger partial charge in [-0.3, -0.25) is 9.59 Å². The molecule has 1 atom stereocenters. The second kappa shape index (κ2) is 11.1. The van der Waals surface area contributed by atoms with E-state index in [-0.39, 0.29) is 24.1 Å². The molecule has 0 bridgehead atoms. The molecule has 3 aromatic carbocycles. The van der Waals surface area contributed by atoms with Crippen LogP contribution in [0.3, 0.4) is 0 Å². The largest absolute Gasteiger partial charge is 0.494 e. The second-order valence-electron chi connectivity index (χ2n) is 9.09. The van der Waals surface area contributed by atoms with Gasteiger partial charge in [-0.1, -0.05) is 57.9 Å². The summed E-state index contributed by atoms with van der Waals surface area (Å²) in [6, 6.07) is 26.3. The zero-order valence-electron chi connectivity index (χ0n) is 21.2. The Morgan fingerprint density at radius 1 is 0.947 bits per heavy atom. The smallest absolute Gasteiger partial charge is 0.267 e. The molecule has 0 saturated carbocycles. The molecule has 1 aromatic heterocycles. The number of benzene rings is 3. The van der Waals surface area contributed by atoms with E-state index in [0.717, 1.165) is 38.2 Å². The summed E-state index contributed by atoms with van der Waals surface area (Å²) < 4.78 is 7.68. The number of amides is 1. The molecule has 0 radical (unpaired) electrons. The predicted octanol–water partition coefficient (Wildman–Crippen LogP) is 5.76. The molecule has 38 heavy (non-hydrogen) atoms. The van der Waals surface area contributed by atoms with Crippen LogP contribution in [0.15, 0.2) is 99.3 Å². The fourth-order valence-electron chi connectivity index (χ4n) is 4.41. The molecule has 2 heterocycles. The average molecular weight is 571 g/mol. The Kier molecular flexibility index (Phi) is 7.51. The minimum Gasteiger partial charge on any atom is -0.494 e. The Bertz CT molecular complexity index is 1530. The van der Waals surface area contributed by atoms with Gasteiger partial charge in [0.25, 0.3) is 11.5 Å². The van der Waals surface area contributed by atoms with Gasteiger partial charge in [-0.25, -0.2) is 9.69 Å². The van der Waals surface area contributed by atoms with Crippen LogP contribution < -0.4 is 10.3 Å². The number of hydrazone groups is 1. The maximum Gasteiger partial charge on any atom is 0.267 e. The van der Waals surface area contributed by atoms with E-state index in [1.54, 1.807) is 6.07 Å². The van der Waals surface area contributed by atoms with E-state index >= 15 is 0 Å². The fourth-order valence-corrected chi connectivity index (χ4v) is 4.67. The molecule has 8 heteroatoms. The molecular formula is C30H27BrN4O3. The van der Waals surface area contributed by atoms with Gasteiger partial charge in [-0.15, -0.1) is 0 Å². The minimum absolute atomic E-state index is 0.219. The lowest BCUT2D eigenvalue weighted by Crippen LogP contribution is -2.34. The van der Waals surface area contributed by atoms with Crippen molar-refractivity contribution in [2.75, 3.05) is 6.61 Å². The van der Waals surface area contributed by atoms with Gasteiger partial charge in [0.1, 0.15) is 12.3 Å². The summed E-state index contributed by atoms with van der Waals surface area (Å²) in [7, 11) is 0. The Balaban J connectivity index is 1.44. The van der Waals surface area contributed by atoms with Crippen molar-refractivity contribution in [1.82, 2.24) is 14.8 Å². The number of carbonyl (C=O) groups is 1. The molecule has 7 nitrogen and oxygen atoms in total. The Hall–Kier alpha value is -4.04. The lowest BCUT2D eigenvalue weighted by atomic mass is 9.98. The van der Waals surface area contributed by atoms with Crippen LogP contribution in [-0.4, -0.2) is 33.0 Å². The number of ether oxygens (including phenoxy) is 1. The number of hydrogen-bond donors (Lipinski definition) is 0. The summed E-state index contributed by atoms with van der Waals surface area (Å²) in [5, 5.41) is 10.7. The van der Waals surface area contributed by atoms with Crippen LogP contribution in [0, 0.1) is 6.92 Å². The van der Waals surface area contributed by atoms with E-state index in [0.29, 0.717) is 18.7 Å². The number of aryl methyl sites for hydroxylation is 1. The standard InChI is InChI=1S/C30H27BrN4O3/c1-3-38-25-14-10-21(11-15-25)26-16-17-29(36)34(32-26)19-30(37)35-28(23-6-4-20(2)5-7-23)18-27(33-35)22-8-12-24(31)13-9-22/h4-17,28H,3,18-19H2,1-2H3. The molecular weight excluding hydrogens is 544 g/mol. The number of nitrogens with zero attached hydrogens (tertiary/aromatic N) is 4. The molecule has 4 aromatic rings. The molecule has 0 spiro atoms. The molecule has 1 aliphatic rings. The zero-order chi connectivity index (χ0) is 26.6. The van der Waals surface area contributed by atoms with Crippen LogP contribution in [0.4, 0.5) is 0 Å². The van der Waals surface area contributed by atoms with Crippen LogP contribution in [-0.2, 0) is 11.3 Å². The normalized spacial score (nSPS) is 14.9. The summed E-state index contributed by atoms with van der Waals surface area (Å²) in [5.41, 5.74) is 4.97. The van der Waals surface area contributed by atoms with E-state index in [2.05, 4.69) is 21.0 Å². The van der Waals surface area contributed by atoms with Crippen molar-refractivity contribution >= 4 is 27.5 Å². The third-order valence-electron chi connectivity index (χ3n) is 6.42. The number of halogens is 1. The van der Waals surface area contributed by atoms with Crippen molar-refractivity contribution in [2.45, 2.75) is 32.9 Å². The predicted molar refractivity (Wildman–Crippen MR) is 151 cm³/mol. The van der Waals surface area contributed by atoms with Crippen molar-refractivity contribution < 1.29 is 9.53 Å². The zero-order valence-corrected chi connectivity index (χ0v) is 22.8. The van der Waals surface area contributed by atoms with Gasteiger partial charge in [0, 0.05) is 22.5 Å². The summed E-state index contributed by atoms with van der Waals surface area (Å²) in [5.74, 6) is 0.455. The highest BCUT2D eigenvalue weighted by Crippen LogP contribution is 2.33. The second-order valence-corrected chi connectivity index (χ2v) is 10.0. The van der Waals surface area contributed by atoms with Crippen LogP contribution in [0.5, 0.6) is 5.75 Å². The first-order valence-corrected chi connectivity index (χ1v) is 13.2. The fraction of sp³-hybridized carbons (Fsp3) is 0.200. The van der Waals surface area contributed by atoms with Crippen LogP contribution in [0.2, 0.25) is 0 Å². The molecule has 5 rings (SSSR count). The van der Waals surface area contributed by atoms with E-state index < -0.39 is 0 Å². The lowest BCUT2D eigenvalue weighted by Gasteiger charge is -2.22. The maximum absolute atomic E-state index is 13.6. The average Bonchev–Trinajstić information content (AvgIpc) is 3.37. The van der Waals surface area contributed by atoms with E-state index in [1.165, 1.54) is 15.8 Å². The number of rotatable bonds is 7. The molecule has 1 unspecified atom stereocenters. The van der Waals surface area contributed by atoms with Crippen molar-refractivity contribution in [3.63, 3.8) is 0 Å². The van der Waals surface area contributed by atoms with Crippen LogP contribution in [0.1, 0.15) is 36.1 Å². The van der Waals surface area contributed by atoms with Gasteiger partial charge in [-0.2, -0.15) is 10.2 Å². The molecule has 0 N–H and O–H groups in total. The molecule has 0 aliphatic carbocycles. The topological polar surface area (TPSA) is 76.8 Å². The van der Waals surface area contributed by atoms with E-state index in [4.69, 9.17) is 9.84 Å². The summed E-state index contributed by atoms with van der Waals surface area (Å²) >= 11 is 3.47. The third-order valence-corrected chi connectivity index (χ3v) is 6.95. The highest BCUT2D eigenvalue weighted by atomic mass is 79.9. The molecule has 1 aliphatic heterocycles. The Morgan fingerprint density at radius 2 is 1.63 bits per heavy atom. The van der Waals surface area contributed by atoms with E-state index in [1.807, 2.05) is 86.6 Å². The molecule has 1 amide bonds. The SMILES string of the molecule is CCOc1ccc(-c2ccc(=O)n(CC(=O)N3N=C(c4ccc(Br)cc4)CC3c3ccc(C)cc3)n2)cc1. The monoisotopic (exact) mass is 570 g/mol. The lowest BCUT2D eigenvalue weighted by molar-refractivity contribution is -0.133.